The minimum Gasteiger partial charge on any atom is -0.357 e. The Morgan fingerprint density at radius 1 is 1.40 bits per heavy atom. The number of piperidine rings is 1. The fraction of sp³-hybridized carbons (Fsp3) is 0.800. The Labute approximate surface area is 141 Å². The van der Waals surface area contributed by atoms with Crippen molar-refractivity contribution in [3.05, 3.63) is 0 Å². The topological polar surface area (TPSA) is 39.7 Å². The summed E-state index contributed by atoms with van der Waals surface area (Å²) < 4.78 is 0. The predicted molar refractivity (Wildman–Crippen MR) is 97.7 cm³/mol. The van der Waals surface area contributed by atoms with Crippen molar-refractivity contribution in [3.8, 4) is 12.3 Å². The van der Waals surface area contributed by atoms with E-state index in [1.54, 1.807) is 0 Å². The van der Waals surface area contributed by atoms with Gasteiger partial charge in [-0.25, -0.2) is 0 Å². The molecule has 0 aliphatic carbocycles. The molecular formula is C15H29IN4. The number of nitrogens with zero attached hydrogens (tertiary/aromatic N) is 2. The van der Waals surface area contributed by atoms with Crippen LogP contribution in [-0.4, -0.2) is 49.6 Å². The zero-order valence-electron chi connectivity index (χ0n) is 13.0. The lowest BCUT2D eigenvalue weighted by Crippen LogP contribution is -2.42. The molecule has 1 aliphatic rings. The fourth-order valence-corrected chi connectivity index (χ4v) is 2.28. The third-order valence-corrected chi connectivity index (χ3v) is 3.66. The van der Waals surface area contributed by atoms with E-state index in [4.69, 9.17) is 6.42 Å². The van der Waals surface area contributed by atoms with Crippen molar-refractivity contribution in [2.75, 3.05) is 32.7 Å². The average Bonchev–Trinajstić information content (AvgIpc) is 2.42. The summed E-state index contributed by atoms with van der Waals surface area (Å²) in [6.07, 6.45) is 7.87. The molecule has 1 atom stereocenters. The summed E-state index contributed by atoms with van der Waals surface area (Å²) in [4.78, 5) is 7.14. The van der Waals surface area contributed by atoms with Gasteiger partial charge in [0.2, 0.25) is 0 Å². The van der Waals surface area contributed by atoms with E-state index in [0.29, 0.717) is 12.6 Å². The van der Waals surface area contributed by atoms with Crippen LogP contribution in [0.25, 0.3) is 0 Å². The van der Waals surface area contributed by atoms with Crippen molar-refractivity contribution in [1.29, 1.82) is 0 Å². The van der Waals surface area contributed by atoms with E-state index in [9.17, 15) is 0 Å². The van der Waals surface area contributed by atoms with E-state index < -0.39 is 0 Å². The summed E-state index contributed by atoms with van der Waals surface area (Å²) in [6.45, 7) is 11.2. The van der Waals surface area contributed by atoms with Crippen LogP contribution in [0.4, 0.5) is 0 Å². The highest BCUT2D eigenvalue weighted by Gasteiger charge is 2.19. The van der Waals surface area contributed by atoms with Crippen LogP contribution >= 0.6 is 24.0 Å². The Bertz CT molecular complexity index is 316. The van der Waals surface area contributed by atoms with Gasteiger partial charge in [-0.1, -0.05) is 12.8 Å². The minimum absolute atomic E-state index is 0. The number of nitrogens with one attached hydrogen (secondary N) is 2. The highest BCUT2D eigenvalue weighted by atomic mass is 127. The Morgan fingerprint density at radius 3 is 2.60 bits per heavy atom. The van der Waals surface area contributed by atoms with E-state index in [-0.39, 0.29) is 24.0 Å². The molecule has 1 rings (SSSR count). The van der Waals surface area contributed by atoms with Gasteiger partial charge in [0.1, 0.15) is 0 Å². The highest BCUT2D eigenvalue weighted by molar-refractivity contribution is 14.0. The Hall–Kier alpha value is -0.480. The lowest BCUT2D eigenvalue weighted by atomic mass is 9.98. The SMILES string of the molecule is C#CCNC(=NCC(C)N1CCC(C)CC1)NCC.I. The Kier molecular flexibility index (Phi) is 10.9. The van der Waals surface area contributed by atoms with Gasteiger partial charge in [0.05, 0.1) is 13.1 Å². The molecule has 0 amide bonds. The Morgan fingerprint density at radius 2 is 2.05 bits per heavy atom. The van der Waals surface area contributed by atoms with Gasteiger partial charge in [-0.3, -0.25) is 9.89 Å². The number of aliphatic imine (C=N–C) groups is 1. The second kappa shape index (κ2) is 11.2. The van der Waals surface area contributed by atoms with Gasteiger partial charge in [0, 0.05) is 12.6 Å². The zero-order chi connectivity index (χ0) is 14.1. The second-order valence-electron chi connectivity index (χ2n) is 5.34. The molecule has 0 bridgehead atoms. The summed E-state index contributed by atoms with van der Waals surface area (Å²) in [6, 6.07) is 0.494. The van der Waals surface area contributed by atoms with Gasteiger partial charge >= 0.3 is 0 Å². The number of terminal acetylenes is 1. The maximum atomic E-state index is 5.26. The summed E-state index contributed by atoms with van der Waals surface area (Å²) in [5.41, 5.74) is 0. The molecule has 0 aromatic carbocycles. The molecule has 1 fully saturated rings. The van der Waals surface area contributed by atoms with E-state index >= 15 is 0 Å². The quantitative estimate of drug-likeness (QED) is 0.325. The smallest absolute Gasteiger partial charge is 0.192 e. The van der Waals surface area contributed by atoms with E-state index in [2.05, 4.69) is 47.2 Å². The van der Waals surface area contributed by atoms with Crippen molar-refractivity contribution in [3.63, 3.8) is 0 Å². The summed E-state index contributed by atoms with van der Waals surface area (Å²) in [5.74, 6) is 4.26. The van der Waals surface area contributed by atoms with Gasteiger partial charge in [-0.05, 0) is 45.7 Å². The molecule has 1 unspecified atom stereocenters. The van der Waals surface area contributed by atoms with Crippen LogP contribution in [0.2, 0.25) is 0 Å². The van der Waals surface area contributed by atoms with Crippen LogP contribution in [0.15, 0.2) is 4.99 Å². The molecule has 4 nitrogen and oxygen atoms in total. The first-order chi connectivity index (χ1) is 9.17. The van der Waals surface area contributed by atoms with Crippen LogP contribution in [0.3, 0.4) is 0 Å². The molecular weight excluding hydrogens is 363 g/mol. The molecule has 2 N–H and O–H groups in total. The Balaban J connectivity index is 0.00000361. The molecule has 0 radical (unpaired) electrons. The number of rotatable bonds is 5. The number of halogens is 1. The lowest BCUT2D eigenvalue weighted by molar-refractivity contribution is 0.150. The molecule has 1 heterocycles. The van der Waals surface area contributed by atoms with Crippen molar-refractivity contribution < 1.29 is 0 Å². The van der Waals surface area contributed by atoms with E-state index in [1.807, 2.05) is 0 Å². The number of guanidine groups is 1. The van der Waals surface area contributed by atoms with Crippen LogP contribution in [-0.2, 0) is 0 Å². The molecule has 0 aromatic heterocycles. The third kappa shape index (κ3) is 7.34. The number of hydrogen-bond acceptors (Lipinski definition) is 2. The largest absolute Gasteiger partial charge is 0.357 e. The number of likely N-dealkylation sites (tertiary alicyclic amines) is 1. The summed E-state index contributed by atoms with van der Waals surface area (Å²) >= 11 is 0. The van der Waals surface area contributed by atoms with E-state index in [1.165, 1.54) is 25.9 Å². The maximum Gasteiger partial charge on any atom is 0.192 e. The van der Waals surface area contributed by atoms with Crippen LogP contribution in [0, 0.1) is 18.3 Å². The van der Waals surface area contributed by atoms with Gasteiger partial charge in [0.15, 0.2) is 5.96 Å². The third-order valence-electron chi connectivity index (χ3n) is 3.66. The zero-order valence-corrected chi connectivity index (χ0v) is 15.3. The minimum atomic E-state index is 0. The molecule has 0 spiro atoms. The van der Waals surface area contributed by atoms with Crippen LogP contribution in [0.5, 0.6) is 0 Å². The van der Waals surface area contributed by atoms with Gasteiger partial charge < -0.3 is 10.6 Å². The lowest BCUT2D eigenvalue weighted by Gasteiger charge is -2.34. The summed E-state index contributed by atoms with van der Waals surface area (Å²) in [5, 5.41) is 6.33. The molecule has 1 saturated heterocycles. The van der Waals surface area contributed by atoms with Gasteiger partial charge in [-0.15, -0.1) is 30.4 Å². The molecule has 116 valence electrons. The van der Waals surface area contributed by atoms with Crippen LogP contribution < -0.4 is 10.6 Å². The van der Waals surface area contributed by atoms with Crippen molar-refractivity contribution in [2.45, 2.75) is 39.7 Å². The van der Waals surface area contributed by atoms with Crippen molar-refractivity contribution in [2.24, 2.45) is 10.9 Å². The van der Waals surface area contributed by atoms with Crippen molar-refractivity contribution in [1.82, 2.24) is 15.5 Å². The molecule has 0 aromatic rings. The molecule has 5 heteroatoms. The normalized spacial score (nSPS) is 18.8. The maximum absolute atomic E-state index is 5.26. The summed E-state index contributed by atoms with van der Waals surface area (Å²) in [7, 11) is 0. The van der Waals surface area contributed by atoms with Crippen molar-refractivity contribution >= 4 is 29.9 Å². The first kappa shape index (κ1) is 19.5. The average molecular weight is 392 g/mol. The predicted octanol–water partition coefficient (Wildman–Crippen LogP) is 1.91. The van der Waals surface area contributed by atoms with Gasteiger partial charge in [0.25, 0.3) is 0 Å². The number of hydrogen-bond donors (Lipinski definition) is 2. The van der Waals surface area contributed by atoms with E-state index in [0.717, 1.165) is 25.0 Å². The monoisotopic (exact) mass is 392 g/mol. The van der Waals surface area contributed by atoms with Gasteiger partial charge in [-0.2, -0.15) is 0 Å². The fourth-order valence-electron chi connectivity index (χ4n) is 2.28. The first-order valence-electron chi connectivity index (χ1n) is 7.37. The molecule has 0 saturated carbocycles. The second-order valence-corrected chi connectivity index (χ2v) is 5.34. The van der Waals surface area contributed by atoms with Crippen LogP contribution in [0.1, 0.15) is 33.6 Å². The first-order valence-corrected chi connectivity index (χ1v) is 7.37. The standard InChI is InChI=1S/C15H28N4.HI/c1-5-9-17-15(16-6-2)18-12-14(4)19-10-7-13(3)8-11-19;/h1,13-14H,6-12H2,2-4H3,(H2,16,17,18);1H. The highest BCUT2D eigenvalue weighted by Crippen LogP contribution is 2.17. The molecule has 20 heavy (non-hydrogen) atoms. The molecule has 1 aliphatic heterocycles.